The maximum Gasteiger partial charge on any atom is 0.230 e. The first-order chi connectivity index (χ1) is 12.2. The second kappa shape index (κ2) is 5.43. The third-order valence-electron chi connectivity index (χ3n) is 5.92. The Labute approximate surface area is 147 Å². The number of hydrogen-bond donors (Lipinski definition) is 1. The van der Waals surface area contributed by atoms with Crippen molar-refractivity contribution in [1.82, 2.24) is 10.2 Å². The number of amides is 2. The number of ether oxygens (including phenoxy) is 1. The van der Waals surface area contributed by atoms with Gasteiger partial charge in [-0.15, -0.1) is 0 Å². The van der Waals surface area contributed by atoms with E-state index in [0.29, 0.717) is 19.1 Å². The molecule has 3 aliphatic heterocycles. The van der Waals surface area contributed by atoms with E-state index >= 15 is 0 Å². The molecule has 2 bridgehead atoms. The summed E-state index contributed by atoms with van der Waals surface area (Å²) >= 11 is 0. The molecule has 1 N–H and O–H groups in total. The van der Waals surface area contributed by atoms with E-state index in [1.165, 1.54) is 5.56 Å². The van der Waals surface area contributed by atoms with E-state index in [1.54, 1.807) is 0 Å². The largest absolute Gasteiger partial charge is 0.360 e. The topological polar surface area (TPSA) is 58.6 Å². The van der Waals surface area contributed by atoms with Crippen LogP contribution in [0.5, 0.6) is 0 Å². The minimum absolute atomic E-state index is 0.0121. The summed E-state index contributed by atoms with van der Waals surface area (Å²) in [7, 11) is 0. The van der Waals surface area contributed by atoms with E-state index in [2.05, 4.69) is 17.4 Å². The zero-order chi connectivity index (χ0) is 17.0. The van der Waals surface area contributed by atoms with Crippen molar-refractivity contribution in [2.24, 2.45) is 11.8 Å². The summed E-state index contributed by atoms with van der Waals surface area (Å²) < 4.78 is 6.14. The van der Waals surface area contributed by atoms with E-state index in [4.69, 9.17) is 4.74 Å². The van der Waals surface area contributed by atoms with Gasteiger partial charge >= 0.3 is 0 Å². The maximum absolute atomic E-state index is 13.0. The zero-order valence-corrected chi connectivity index (χ0v) is 14.1. The Morgan fingerprint density at radius 1 is 1.28 bits per heavy atom. The fourth-order valence-electron chi connectivity index (χ4n) is 4.50. The molecule has 25 heavy (non-hydrogen) atoms. The molecule has 5 heteroatoms. The van der Waals surface area contributed by atoms with Gasteiger partial charge in [-0.1, -0.05) is 42.5 Å². The van der Waals surface area contributed by atoms with Crippen LogP contribution in [-0.2, 0) is 20.7 Å². The summed E-state index contributed by atoms with van der Waals surface area (Å²) in [4.78, 5) is 27.6. The quantitative estimate of drug-likeness (QED) is 0.823. The average molecular weight is 338 g/mol. The highest BCUT2D eigenvalue weighted by Gasteiger charge is 2.66. The fourth-order valence-corrected chi connectivity index (χ4v) is 4.50. The highest BCUT2D eigenvalue weighted by molar-refractivity contribution is 5.93. The number of nitrogens with one attached hydrogen (secondary N) is 1. The first kappa shape index (κ1) is 15.1. The van der Waals surface area contributed by atoms with Gasteiger partial charge in [0.05, 0.1) is 24.5 Å². The molecule has 1 saturated carbocycles. The normalized spacial score (nSPS) is 35.3. The minimum atomic E-state index is -0.593. The van der Waals surface area contributed by atoms with Crippen molar-refractivity contribution in [2.75, 3.05) is 13.1 Å². The molecule has 4 atom stereocenters. The Bertz CT molecular complexity index is 743. The summed E-state index contributed by atoms with van der Waals surface area (Å²) in [6.07, 6.45) is 6.66. The second-order valence-corrected chi connectivity index (χ2v) is 7.68. The van der Waals surface area contributed by atoms with E-state index < -0.39 is 5.60 Å². The van der Waals surface area contributed by atoms with Crippen LogP contribution in [0, 0.1) is 11.8 Å². The molecule has 4 aliphatic rings. The summed E-state index contributed by atoms with van der Waals surface area (Å²) in [5, 5.41) is 3.06. The Balaban J connectivity index is 1.33. The fraction of sp³-hybridized carbons (Fsp3) is 0.500. The molecule has 0 aromatic heterocycles. The number of nitrogens with zero attached hydrogens (tertiary/aromatic N) is 1. The van der Waals surface area contributed by atoms with Gasteiger partial charge in [-0.2, -0.15) is 0 Å². The van der Waals surface area contributed by atoms with Crippen LogP contribution in [0.3, 0.4) is 0 Å². The van der Waals surface area contributed by atoms with Crippen LogP contribution in [0.25, 0.3) is 0 Å². The van der Waals surface area contributed by atoms with Crippen molar-refractivity contribution < 1.29 is 14.3 Å². The molecule has 5 nitrogen and oxygen atoms in total. The molecule has 3 heterocycles. The van der Waals surface area contributed by atoms with Gasteiger partial charge < -0.3 is 15.0 Å². The molecule has 0 radical (unpaired) electrons. The predicted molar refractivity (Wildman–Crippen MR) is 91.6 cm³/mol. The highest BCUT2D eigenvalue weighted by atomic mass is 16.5. The van der Waals surface area contributed by atoms with Crippen molar-refractivity contribution >= 4 is 11.8 Å². The number of benzene rings is 1. The van der Waals surface area contributed by atoms with Crippen molar-refractivity contribution in [3.63, 3.8) is 0 Å². The van der Waals surface area contributed by atoms with Crippen LogP contribution >= 0.6 is 0 Å². The van der Waals surface area contributed by atoms with Crippen molar-refractivity contribution in [1.29, 1.82) is 0 Å². The van der Waals surface area contributed by atoms with Gasteiger partial charge in [0, 0.05) is 12.6 Å². The van der Waals surface area contributed by atoms with Crippen LogP contribution in [0.1, 0.15) is 18.4 Å². The molecule has 0 unspecified atom stereocenters. The molecule has 130 valence electrons. The third-order valence-corrected chi connectivity index (χ3v) is 5.92. The molecule has 3 fully saturated rings. The Morgan fingerprint density at radius 2 is 2.08 bits per heavy atom. The van der Waals surface area contributed by atoms with Gasteiger partial charge in [-0.3, -0.25) is 9.59 Å². The Morgan fingerprint density at radius 3 is 2.84 bits per heavy atom. The number of fused-ring (bicyclic) bond motifs is 1. The summed E-state index contributed by atoms with van der Waals surface area (Å²) in [6, 6.07) is 10.5. The Kier molecular flexibility index (Phi) is 3.29. The first-order valence-corrected chi connectivity index (χ1v) is 9.17. The van der Waals surface area contributed by atoms with Gasteiger partial charge in [0.2, 0.25) is 11.8 Å². The van der Waals surface area contributed by atoms with Crippen molar-refractivity contribution in [3.05, 3.63) is 48.0 Å². The zero-order valence-electron chi connectivity index (χ0n) is 14.1. The van der Waals surface area contributed by atoms with Crippen molar-refractivity contribution in [2.45, 2.75) is 37.0 Å². The lowest BCUT2D eigenvalue weighted by atomic mass is 9.77. The number of rotatable bonds is 5. The molecular weight excluding hydrogens is 316 g/mol. The van der Waals surface area contributed by atoms with Crippen LogP contribution in [-0.4, -0.2) is 47.6 Å². The molecule has 1 spiro atoms. The summed E-state index contributed by atoms with van der Waals surface area (Å²) in [5.74, 6) is -0.683. The lowest BCUT2D eigenvalue weighted by molar-refractivity contribution is -0.137. The minimum Gasteiger partial charge on any atom is -0.360 e. The number of carbonyl (C=O) groups is 2. The number of likely N-dealkylation sites (tertiary alicyclic amines) is 1. The van der Waals surface area contributed by atoms with Gasteiger partial charge in [0.1, 0.15) is 5.60 Å². The third kappa shape index (κ3) is 2.41. The summed E-state index contributed by atoms with van der Waals surface area (Å²) in [5.41, 5.74) is 0.623. The van der Waals surface area contributed by atoms with Gasteiger partial charge in [-0.25, -0.2) is 0 Å². The van der Waals surface area contributed by atoms with Crippen LogP contribution in [0.4, 0.5) is 0 Å². The highest BCUT2D eigenvalue weighted by Crippen LogP contribution is 2.52. The molecule has 1 aromatic rings. The van der Waals surface area contributed by atoms with Crippen LogP contribution in [0.2, 0.25) is 0 Å². The smallest absolute Gasteiger partial charge is 0.230 e. The summed E-state index contributed by atoms with van der Waals surface area (Å²) in [6.45, 7) is 1.23. The lowest BCUT2D eigenvalue weighted by Gasteiger charge is -2.23. The van der Waals surface area contributed by atoms with Gasteiger partial charge in [0.25, 0.3) is 0 Å². The SMILES string of the molecule is O=C(NC1CC1)[C@@H]1[C@H]2C=C[C@@]3(CN(CCc4ccccc4)C(=O)[C@@H]13)O2. The molecule has 1 aliphatic carbocycles. The van der Waals surface area contributed by atoms with Gasteiger partial charge in [0.15, 0.2) is 0 Å². The van der Waals surface area contributed by atoms with Crippen molar-refractivity contribution in [3.8, 4) is 0 Å². The average Bonchev–Trinajstić information content (AvgIpc) is 3.16. The van der Waals surface area contributed by atoms with Crippen LogP contribution < -0.4 is 5.32 Å². The number of carbonyl (C=O) groups excluding carboxylic acids is 2. The maximum atomic E-state index is 13.0. The first-order valence-electron chi connectivity index (χ1n) is 9.17. The molecule has 2 amide bonds. The standard InChI is InChI=1S/C20H22N2O3/c23-18(21-14-6-7-14)16-15-8-10-20(25-15)12-22(19(24)17(16)20)11-9-13-4-2-1-3-5-13/h1-5,8,10,14-17H,6-7,9,11-12H2,(H,21,23)/t15-,16-,17-,20+/m1/s1. The van der Waals surface area contributed by atoms with Crippen LogP contribution in [0.15, 0.2) is 42.5 Å². The second-order valence-electron chi connectivity index (χ2n) is 7.68. The predicted octanol–water partition coefficient (Wildman–Crippen LogP) is 1.29. The van der Waals surface area contributed by atoms with E-state index in [-0.39, 0.29) is 29.8 Å². The van der Waals surface area contributed by atoms with Gasteiger partial charge in [-0.05, 0) is 24.8 Å². The monoisotopic (exact) mass is 338 g/mol. The van der Waals surface area contributed by atoms with E-state index in [0.717, 1.165) is 19.3 Å². The Hall–Kier alpha value is -2.14. The van der Waals surface area contributed by atoms with E-state index in [1.807, 2.05) is 35.3 Å². The number of hydrogen-bond acceptors (Lipinski definition) is 3. The molecule has 2 saturated heterocycles. The molecule has 5 rings (SSSR count). The molecule has 1 aromatic carbocycles. The van der Waals surface area contributed by atoms with E-state index in [9.17, 15) is 9.59 Å². The lowest BCUT2D eigenvalue weighted by Crippen LogP contribution is -2.44. The molecular formula is C20H22N2O3.